The van der Waals surface area contributed by atoms with Crippen molar-refractivity contribution in [3.63, 3.8) is 0 Å². The van der Waals surface area contributed by atoms with Crippen LogP contribution in [0, 0.1) is 11.3 Å². The van der Waals surface area contributed by atoms with Gasteiger partial charge in [0.1, 0.15) is 6.07 Å². The summed E-state index contributed by atoms with van der Waals surface area (Å²) in [5.41, 5.74) is 0.666. The highest BCUT2D eigenvalue weighted by atomic mass is 35.5. The van der Waals surface area contributed by atoms with Crippen LogP contribution in [0.5, 0.6) is 11.5 Å². The van der Waals surface area contributed by atoms with Crippen molar-refractivity contribution >= 4 is 40.8 Å². The molecule has 0 spiro atoms. The molecule has 8 heteroatoms. The van der Waals surface area contributed by atoms with E-state index in [1.54, 1.807) is 30.3 Å². The minimum absolute atomic E-state index is 0.0959. The minimum Gasteiger partial charge on any atom is -0.493 e. The smallest absolute Gasteiger partial charge is 0.331 e. The zero-order valence-electron chi connectivity index (χ0n) is 13.7. The van der Waals surface area contributed by atoms with E-state index in [9.17, 15) is 9.59 Å². The number of hydrogen-bond donors (Lipinski definition) is 0. The lowest BCUT2D eigenvalue weighted by atomic mass is 10.2. The molecule has 2 aromatic rings. The average molecular weight is 392 g/mol. The summed E-state index contributed by atoms with van der Waals surface area (Å²) in [6, 6.07) is 10.0. The normalized spacial score (nSPS) is 10.3. The van der Waals surface area contributed by atoms with E-state index in [4.69, 9.17) is 31.1 Å². The molecule has 0 unspecified atom stereocenters. The number of nitrogens with zero attached hydrogens (tertiary/aromatic N) is 1. The lowest BCUT2D eigenvalue weighted by Gasteiger charge is -2.08. The third-order valence-electron chi connectivity index (χ3n) is 3.09. The Bertz CT molecular complexity index is 869. The highest BCUT2D eigenvalue weighted by Crippen LogP contribution is 2.28. The molecule has 0 saturated carbocycles. The second-order valence-corrected chi connectivity index (χ2v) is 6.54. The van der Waals surface area contributed by atoms with Crippen LogP contribution < -0.4 is 9.47 Å². The molecule has 6 nitrogen and oxygen atoms in total. The molecule has 1 heterocycles. The van der Waals surface area contributed by atoms with Gasteiger partial charge in [-0.25, -0.2) is 4.79 Å². The average Bonchev–Trinajstić information content (AvgIpc) is 3.09. The van der Waals surface area contributed by atoms with Crippen molar-refractivity contribution in [2.75, 3.05) is 20.3 Å². The van der Waals surface area contributed by atoms with Gasteiger partial charge in [-0.2, -0.15) is 5.26 Å². The summed E-state index contributed by atoms with van der Waals surface area (Å²) in [7, 11) is 1.47. The monoisotopic (exact) mass is 391 g/mol. The number of nitriles is 1. The predicted molar refractivity (Wildman–Crippen MR) is 97.8 cm³/mol. The van der Waals surface area contributed by atoms with Gasteiger partial charge in [0, 0.05) is 6.08 Å². The van der Waals surface area contributed by atoms with Crippen molar-refractivity contribution in [3.8, 4) is 17.6 Å². The summed E-state index contributed by atoms with van der Waals surface area (Å²) in [5.74, 6) is -0.108. The van der Waals surface area contributed by atoms with Crippen molar-refractivity contribution in [1.82, 2.24) is 0 Å². The Balaban J connectivity index is 1.93. The van der Waals surface area contributed by atoms with E-state index in [0.29, 0.717) is 26.3 Å². The standard InChI is InChI=1S/C18H14ClNO5S/c1-23-15-10-12(2-4-14(15)24-9-8-20)3-7-18(22)25-11-13(21)16-5-6-17(19)26-16/h2-7,10H,9,11H2,1H3/b7-3+. The SMILES string of the molecule is COc1cc(/C=C/C(=O)OCC(=O)c2ccc(Cl)s2)ccc1OCC#N. The minimum atomic E-state index is -0.648. The van der Waals surface area contributed by atoms with Gasteiger partial charge in [0.05, 0.1) is 16.3 Å². The van der Waals surface area contributed by atoms with Crippen LogP contribution in [0.15, 0.2) is 36.4 Å². The second kappa shape index (κ2) is 9.61. The fourth-order valence-corrected chi connectivity index (χ4v) is 2.87. The van der Waals surface area contributed by atoms with Crippen LogP contribution in [0.1, 0.15) is 15.2 Å². The summed E-state index contributed by atoms with van der Waals surface area (Å²) >= 11 is 6.89. The van der Waals surface area contributed by atoms with Crippen LogP contribution >= 0.6 is 22.9 Å². The van der Waals surface area contributed by atoms with Gasteiger partial charge in [0.15, 0.2) is 24.7 Å². The first-order chi connectivity index (χ1) is 12.5. The summed E-state index contributed by atoms with van der Waals surface area (Å²) in [6.45, 7) is -0.453. The van der Waals surface area contributed by atoms with Gasteiger partial charge in [-0.05, 0) is 35.9 Å². The third-order valence-corrected chi connectivity index (χ3v) is 4.36. The van der Waals surface area contributed by atoms with Crippen LogP contribution in [0.4, 0.5) is 0 Å². The van der Waals surface area contributed by atoms with Gasteiger partial charge in [0.2, 0.25) is 5.78 Å². The zero-order valence-corrected chi connectivity index (χ0v) is 15.3. The summed E-state index contributed by atoms with van der Waals surface area (Å²) < 4.78 is 15.8. The number of Topliss-reactive ketones (excluding diaryl/α,β-unsaturated/α-hetero) is 1. The molecule has 0 aliphatic rings. The number of esters is 1. The number of carbonyl (C=O) groups excluding carboxylic acids is 2. The Morgan fingerprint density at radius 1 is 1.27 bits per heavy atom. The van der Waals surface area contributed by atoms with Gasteiger partial charge in [-0.1, -0.05) is 17.7 Å². The van der Waals surface area contributed by atoms with Gasteiger partial charge in [-0.3, -0.25) is 4.79 Å². The maximum Gasteiger partial charge on any atom is 0.331 e. The maximum atomic E-state index is 11.8. The van der Waals surface area contributed by atoms with Crippen molar-refractivity contribution in [2.45, 2.75) is 0 Å². The Hall–Kier alpha value is -2.82. The van der Waals surface area contributed by atoms with E-state index >= 15 is 0 Å². The van der Waals surface area contributed by atoms with E-state index in [-0.39, 0.29) is 19.0 Å². The molecule has 1 aromatic heterocycles. The Morgan fingerprint density at radius 3 is 2.73 bits per heavy atom. The Kier molecular flexibility index (Phi) is 7.21. The topological polar surface area (TPSA) is 85.6 Å². The lowest BCUT2D eigenvalue weighted by Crippen LogP contribution is -2.11. The zero-order chi connectivity index (χ0) is 18.9. The largest absolute Gasteiger partial charge is 0.493 e. The number of ketones is 1. The summed E-state index contributed by atoms with van der Waals surface area (Å²) in [4.78, 5) is 24.0. The van der Waals surface area contributed by atoms with Gasteiger partial charge in [0.25, 0.3) is 0 Å². The van der Waals surface area contributed by atoms with Crippen molar-refractivity contribution in [2.24, 2.45) is 0 Å². The summed E-state index contributed by atoms with van der Waals surface area (Å²) in [6.07, 6.45) is 2.73. The molecule has 0 aliphatic carbocycles. The number of benzene rings is 1. The third kappa shape index (κ3) is 5.62. The Labute approximate surface area is 159 Å². The molecular formula is C18H14ClNO5S. The van der Waals surface area contributed by atoms with E-state index in [2.05, 4.69) is 0 Å². The fourth-order valence-electron chi connectivity index (χ4n) is 1.90. The van der Waals surface area contributed by atoms with Crippen LogP contribution in [-0.2, 0) is 9.53 Å². The number of hydrogen-bond acceptors (Lipinski definition) is 7. The molecule has 0 bridgehead atoms. The predicted octanol–water partition coefficient (Wildman–Crippen LogP) is 3.75. The number of carbonyl (C=O) groups is 2. The molecule has 0 atom stereocenters. The first-order valence-corrected chi connectivity index (χ1v) is 8.54. The molecule has 0 aliphatic heterocycles. The van der Waals surface area contributed by atoms with Crippen molar-refractivity contribution in [3.05, 3.63) is 51.2 Å². The van der Waals surface area contributed by atoms with E-state index in [1.807, 2.05) is 6.07 Å². The van der Waals surface area contributed by atoms with E-state index < -0.39 is 5.97 Å². The fraction of sp³-hybridized carbons (Fsp3) is 0.167. The first kappa shape index (κ1) is 19.5. The molecular weight excluding hydrogens is 378 g/mol. The van der Waals surface area contributed by atoms with Gasteiger partial charge >= 0.3 is 5.97 Å². The molecule has 0 saturated heterocycles. The maximum absolute atomic E-state index is 11.8. The molecule has 26 heavy (non-hydrogen) atoms. The van der Waals surface area contributed by atoms with Gasteiger partial charge < -0.3 is 14.2 Å². The molecule has 1 aromatic carbocycles. The van der Waals surface area contributed by atoms with E-state index in [0.717, 1.165) is 11.3 Å². The van der Waals surface area contributed by atoms with Crippen LogP contribution in [-0.4, -0.2) is 32.1 Å². The Morgan fingerprint density at radius 2 is 2.08 bits per heavy atom. The van der Waals surface area contributed by atoms with Crippen LogP contribution in [0.3, 0.4) is 0 Å². The number of ether oxygens (including phenoxy) is 3. The van der Waals surface area contributed by atoms with Crippen LogP contribution in [0.25, 0.3) is 6.08 Å². The molecule has 0 amide bonds. The number of halogens is 1. The molecule has 0 fully saturated rings. The lowest BCUT2D eigenvalue weighted by molar-refractivity contribution is -0.136. The molecule has 0 radical (unpaired) electrons. The van der Waals surface area contributed by atoms with Crippen molar-refractivity contribution in [1.29, 1.82) is 5.26 Å². The number of rotatable bonds is 8. The highest BCUT2D eigenvalue weighted by Gasteiger charge is 2.11. The van der Waals surface area contributed by atoms with E-state index in [1.165, 1.54) is 19.3 Å². The van der Waals surface area contributed by atoms with Gasteiger partial charge in [-0.15, -0.1) is 11.3 Å². The number of thiophene rings is 1. The highest BCUT2D eigenvalue weighted by molar-refractivity contribution is 7.18. The first-order valence-electron chi connectivity index (χ1n) is 7.34. The second-order valence-electron chi connectivity index (χ2n) is 4.83. The molecule has 134 valence electrons. The van der Waals surface area contributed by atoms with Crippen molar-refractivity contribution < 1.29 is 23.8 Å². The quantitative estimate of drug-likeness (QED) is 0.387. The van der Waals surface area contributed by atoms with Crippen LogP contribution in [0.2, 0.25) is 4.34 Å². The molecule has 0 N–H and O–H groups in total. The molecule has 2 rings (SSSR count). The summed E-state index contributed by atoms with van der Waals surface area (Å²) in [5, 5.41) is 8.55. The number of methoxy groups -OCH3 is 1.